The molecule has 1 aliphatic heterocycles. The third-order valence-electron chi connectivity index (χ3n) is 4.92. The van der Waals surface area contributed by atoms with Crippen LogP contribution in [0.15, 0.2) is 24.3 Å². The van der Waals surface area contributed by atoms with Crippen LogP contribution in [0.25, 0.3) is 0 Å². The van der Waals surface area contributed by atoms with Crippen molar-refractivity contribution in [1.82, 2.24) is 5.32 Å². The van der Waals surface area contributed by atoms with Gasteiger partial charge >= 0.3 is 0 Å². The Labute approximate surface area is 143 Å². The molecule has 1 aliphatic carbocycles. The number of hydrogen-bond acceptors (Lipinski definition) is 3. The number of aryl methyl sites for hydroxylation is 1. The maximum Gasteiger partial charge on any atom is 0.228 e. The van der Waals surface area contributed by atoms with Crippen LogP contribution in [0.4, 0.5) is 5.69 Å². The number of carbonyl (C=O) groups is 1. The minimum atomic E-state index is 0. The maximum absolute atomic E-state index is 12.4. The molecule has 0 radical (unpaired) electrons. The number of rotatable bonds is 5. The number of nitrogens with one attached hydrogen (secondary N) is 2. The fourth-order valence-electron chi connectivity index (χ4n) is 3.40. The fourth-order valence-corrected chi connectivity index (χ4v) is 3.84. The van der Waals surface area contributed by atoms with E-state index < -0.39 is 0 Å². The normalized spacial score (nSPS) is 22.0. The number of carbonyl (C=O) groups excluding carboxylic acids is 1. The standard InChI is InChI=1S/C17H24N2OS.ClH/c1-21-11-6-13-2-4-14(5-3-13)19-16(20)15-12-17(15)7-9-18-10-8-17;/h2-5,15,18H,6-12H2,1H3,(H,19,20);1H. The van der Waals surface area contributed by atoms with E-state index in [0.717, 1.165) is 50.2 Å². The molecule has 0 bridgehead atoms. The molecule has 5 heteroatoms. The molecule has 3 rings (SSSR count). The average molecular weight is 341 g/mol. The molecule has 1 saturated carbocycles. The van der Waals surface area contributed by atoms with Gasteiger partial charge in [-0.1, -0.05) is 12.1 Å². The van der Waals surface area contributed by atoms with Crippen molar-refractivity contribution in [3.63, 3.8) is 0 Å². The number of hydrogen-bond donors (Lipinski definition) is 2. The molecule has 2 aliphatic rings. The summed E-state index contributed by atoms with van der Waals surface area (Å²) in [5.74, 6) is 1.59. The lowest BCUT2D eigenvalue weighted by atomic mass is 9.92. The molecule has 1 unspecified atom stereocenters. The van der Waals surface area contributed by atoms with Gasteiger partial charge < -0.3 is 10.6 Å². The molecule has 22 heavy (non-hydrogen) atoms. The molecule has 0 aromatic heterocycles. The Morgan fingerprint density at radius 3 is 2.64 bits per heavy atom. The number of thioether (sulfide) groups is 1. The van der Waals surface area contributed by atoms with Crippen molar-refractivity contribution in [3.05, 3.63) is 29.8 Å². The first-order chi connectivity index (χ1) is 10.2. The fraction of sp³-hybridized carbons (Fsp3) is 0.588. The van der Waals surface area contributed by atoms with Gasteiger partial charge in [0, 0.05) is 11.6 Å². The van der Waals surface area contributed by atoms with E-state index in [1.807, 2.05) is 23.9 Å². The van der Waals surface area contributed by atoms with Crippen LogP contribution in [0.2, 0.25) is 0 Å². The Kier molecular flexibility index (Phi) is 6.18. The Morgan fingerprint density at radius 2 is 2.00 bits per heavy atom. The third-order valence-corrected chi connectivity index (χ3v) is 5.53. The second-order valence-electron chi connectivity index (χ2n) is 6.30. The van der Waals surface area contributed by atoms with Gasteiger partial charge in [0.2, 0.25) is 5.91 Å². The van der Waals surface area contributed by atoms with Crippen LogP contribution in [-0.4, -0.2) is 31.0 Å². The summed E-state index contributed by atoms with van der Waals surface area (Å²) in [7, 11) is 0. The predicted octanol–water partition coefficient (Wildman–Crippen LogP) is 3.34. The van der Waals surface area contributed by atoms with Crippen molar-refractivity contribution in [2.75, 3.05) is 30.4 Å². The molecule has 3 nitrogen and oxygen atoms in total. The van der Waals surface area contributed by atoms with E-state index in [4.69, 9.17) is 0 Å². The van der Waals surface area contributed by atoms with E-state index in [1.165, 1.54) is 5.56 Å². The summed E-state index contributed by atoms with van der Waals surface area (Å²) in [6, 6.07) is 8.31. The lowest BCUT2D eigenvalue weighted by Crippen LogP contribution is -2.31. The molecule has 1 aromatic carbocycles. The van der Waals surface area contributed by atoms with Gasteiger partial charge in [0.25, 0.3) is 0 Å². The molecule has 1 heterocycles. The van der Waals surface area contributed by atoms with Crippen LogP contribution < -0.4 is 10.6 Å². The number of piperidine rings is 1. The summed E-state index contributed by atoms with van der Waals surface area (Å²) < 4.78 is 0. The van der Waals surface area contributed by atoms with Crippen molar-refractivity contribution >= 4 is 35.8 Å². The van der Waals surface area contributed by atoms with Gasteiger partial charge in [-0.15, -0.1) is 12.4 Å². The molecular formula is C17H25ClN2OS. The molecule has 122 valence electrons. The first kappa shape index (κ1) is 17.6. The van der Waals surface area contributed by atoms with Gasteiger partial charge in [0.05, 0.1) is 0 Å². The smallest absolute Gasteiger partial charge is 0.228 e. The van der Waals surface area contributed by atoms with Gasteiger partial charge in [-0.05, 0) is 73.9 Å². The first-order valence-electron chi connectivity index (χ1n) is 7.83. The summed E-state index contributed by atoms with van der Waals surface area (Å²) in [6.45, 7) is 2.13. The number of anilines is 1. The molecule has 1 aromatic rings. The van der Waals surface area contributed by atoms with Crippen molar-refractivity contribution < 1.29 is 4.79 Å². The van der Waals surface area contributed by atoms with Gasteiger partial charge in [-0.2, -0.15) is 11.8 Å². The topological polar surface area (TPSA) is 41.1 Å². The minimum absolute atomic E-state index is 0. The van der Waals surface area contributed by atoms with Crippen LogP contribution in [-0.2, 0) is 11.2 Å². The van der Waals surface area contributed by atoms with Crippen LogP contribution in [0, 0.1) is 11.3 Å². The molecule has 1 spiro atoms. The van der Waals surface area contributed by atoms with Crippen molar-refractivity contribution in [2.45, 2.75) is 25.7 Å². The van der Waals surface area contributed by atoms with Crippen molar-refractivity contribution in [1.29, 1.82) is 0 Å². The third kappa shape index (κ3) is 3.98. The van der Waals surface area contributed by atoms with Gasteiger partial charge in [-0.3, -0.25) is 4.79 Å². The van der Waals surface area contributed by atoms with E-state index in [2.05, 4.69) is 29.0 Å². The Bertz CT molecular complexity index is 500. The van der Waals surface area contributed by atoms with Crippen LogP contribution >= 0.6 is 24.2 Å². The van der Waals surface area contributed by atoms with Crippen molar-refractivity contribution in [3.8, 4) is 0 Å². The summed E-state index contributed by atoms with van der Waals surface area (Å²) in [5, 5.41) is 6.47. The first-order valence-corrected chi connectivity index (χ1v) is 9.22. The highest BCUT2D eigenvalue weighted by atomic mass is 35.5. The van der Waals surface area contributed by atoms with Crippen LogP contribution in [0.3, 0.4) is 0 Å². The van der Waals surface area contributed by atoms with Crippen LogP contribution in [0.1, 0.15) is 24.8 Å². The zero-order chi connectivity index (χ0) is 14.7. The van der Waals surface area contributed by atoms with E-state index in [0.29, 0.717) is 5.41 Å². The highest BCUT2D eigenvalue weighted by Crippen LogP contribution is 2.58. The number of amides is 1. The summed E-state index contributed by atoms with van der Waals surface area (Å²) in [6.07, 6.45) is 6.60. The lowest BCUT2D eigenvalue weighted by molar-refractivity contribution is -0.118. The Hall–Kier alpha value is -0.710. The zero-order valence-corrected chi connectivity index (χ0v) is 14.7. The van der Waals surface area contributed by atoms with E-state index >= 15 is 0 Å². The molecule has 2 N–H and O–H groups in total. The van der Waals surface area contributed by atoms with E-state index in [-0.39, 0.29) is 24.2 Å². The zero-order valence-electron chi connectivity index (χ0n) is 13.1. The number of halogens is 1. The second kappa shape index (κ2) is 7.71. The molecule has 1 amide bonds. The van der Waals surface area contributed by atoms with Gasteiger partial charge in [0.1, 0.15) is 0 Å². The monoisotopic (exact) mass is 340 g/mol. The highest BCUT2D eigenvalue weighted by molar-refractivity contribution is 7.98. The summed E-state index contributed by atoms with van der Waals surface area (Å²) >= 11 is 1.86. The largest absolute Gasteiger partial charge is 0.326 e. The Morgan fingerprint density at radius 1 is 1.32 bits per heavy atom. The Balaban J connectivity index is 0.00000176. The van der Waals surface area contributed by atoms with Crippen LogP contribution in [0.5, 0.6) is 0 Å². The minimum Gasteiger partial charge on any atom is -0.326 e. The van der Waals surface area contributed by atoms with E-state index in [9.17, 15) is 4.79 Å². The lowest BCUT2D eigenvalue weighted by Gasteiger charge is -2.23. The maximum atomic E-state index is 12.4. The quantitative estimate of drug-likeness (QED) is 0.863. The van der Waals surface area contributed by atoms with Gasteiger partial charge in [-0.25, -0.2) is 0 Å². The summed E-state index contributed by atoms with van der Waals surface area (Å²) in [4.78, 5) is 12.4. The second-order valence-corrected chi connectivity index (χ2v) is 7.28. The predicted molar refractivity (Wildman–Crippen MR) is 97.0 cm³/mol. The average Bonchev–Trinajstić information content (AvgIpc) is 3.21. The summed E-state index contributed by atoms with van der Waals surface area (Å²) in [5.41, 5.74) is 2.58. The molecule has 1 saturated heterocycles. The molecule has 2 fully saturated rings. The number of benzene rings is 1. The molecular weight excluding hydrogens is 316 g/mol. The highest BCUT2D eigenvalue weighted by Gasteiger charge is 2.57. The van der Waals surface area contributed by atoms with Gasteiger partial charge in [0.15, 0.2) is 0 Å². The van der Waals surface area contributed by atoms with E-state index in [1.54, 1.807) is 0 Å². The SMILES string of the molecule is CSCCc1ccc(NC(=O)C2CC23CCNCC3)cc1.Cl. The molecule has 1 atom stereocenters. The van der Waals surface area contributed by atoms with Crippen molar-refractivity contribution in [2.24, 2.45) is 11.3 Å².